The summed E-state index contributed by atoms with van der Waals surface area (Å²) >= 11 is 0. The summed E-state index contributed by atoms with van der Waals surface area (Å²) in [6.45, 7) is 4.04. The molecule has 1 N–H and O–H groups in total. The summed E-state index contributed by atoms with van der Waals surface area (Å²) in [7, 11) is 1.57. The molecule has 0 unspecified atom stereocenters. The number of nitrogens with one attached hydrogen (secondary N) is 1. The lowest BCUT2D eigenvalue weighted by Crippen LogP contribution is -2.08. The van der Waals surface area contributed by atoms with Gasteiger partial charge in [0, 0.05) is 7.11 Å². The van der Waals surface area contributed by atoms with Crippen LogP contribution >= 0.6 is 0 Å². The van der Waals surface area contributed by atoms with Crippen LogP contribution < -0.4 is 5.32 Å². The van der Waals surface area contributed by atoms with Crippen LogP contribution in [-0.4, -0.2) is 27.0 Å². The van der Waals surface area contributed by atoms with E-state index in [0.29, 0.717) is 24.0 Å². The fraction of sp³-hybridized carbons (Fsp3) is 0.312. The van der Waals surface area contributed by atoms with Crippen LogP contribution in [0.15, 0.2) is 35.0 Å². The molecule has 2 aromatic heterocycles. The van der Waals surface area contributed by atoms with Gasteiger partial charge in [-0.05, 0) is 26.0 Å². The zero-order valence-electron chi connectivity index (χ0n) is 13.7. The van der Waals surface area contributed by atoms with Gasteiger partial charge in [0.25, 0.3) is 0 Å². The molecule has 1 aromatic carbocycles. The number of benzene rings is 1. The van der Waals surface area contributed by atoms with E-state index in [9.17, 15) is 4.39 Å². The standard InChI is InChI=1S/C16H18FN5O2/c1-10(16-20-15(9-23-3)21-24-16)19-13-8-18-22(11(13)2)14-7-5-4-6-12(14)17/h4-8,10,19H,9H2,1-3H3/t10-/m1/s1. The highest BCUT2D eigenvalue weighted by atomic mass is 19.1. The van der Waals surface area contributed by atoms with Gasteiger partial charge in [-0.2, -0.15) is 10.1 Å². The number of halogens is 1. The van der Waals surface area contributed by atoms with E-state index >= 15 is 0 Å². The Morgan fingerprint density at radius 1 is 1.38 bits per heavy atom. The predicted molar refractivity (Wildman–Crippen MR) is 85.3 cm³/mol. The first-order chi connectivity index (χ1) is 11.6. The Kier molecular flexibility index (Phi) is 4.57. The van der Waals surface area contributed by atoms with Crippen molar-refractivity contribution in [1.29, 1.82) is 0 Å². The van der Waals surface area contributed by atoms with E-state index in [1.54, 1.807) is 36.2 Å². The Morgan fingerprint density at radius 2 is 2.17 bits per heavy atom. The number of nitrogens with zero attached hydrogens (tertiary/aromatic N) is 4. The molecular weight excluding hydrogens is 313 g/mol. The van der Waals surface area contributed by atoms with Crippen molar-refractivity contribution in [3.63, 3.8) is 0 Å². The monoisotopic (exact) mass is 331 g/mol. The molecule has 0 aliphatic carbocycles. The first-order valence-corrected chi connectivity index (χ1v) is 7.47. The number of anilines is 1. The van der Waals surface area contributed by atoms with E-state index < -0.39 is 0 Å². The summed E-state index contributed by atoms with van der Waals surface area (Å²) < 4.78 is 25.7. The molecule has 0 radical (unpaired) electrons. The van der Waals surface area contributed by atoms with Gasteiger partial charge in [0.1, 0.15) is 24.2 Å². The molecule has 2 heterocycles. The molecule has 0 saturated heterocycles. The third kappa shape index (κ3) is 3.13. The van der Waals surface area contributed by atoms with E-state index in [1.807, 2.05) is 13.8 Å². The molecule has 126 valence electrons. The maximum Gasteiger partial charge on any atom is 0.248 e. The number of ether oxygens (including phenoxy) is 1. The summed E-state index contributed by atoms with van der Waals surface area (Å²) in [6.07, 6.45) is 1.64. The maximum absolute atomic E-state index is 13.9. The SMILES string of the molecule is COCc1noc([C@@H](C)Nc2cnn(-c3ccccc3F)c2C)n1. The highest BCUT2D eigenvalue weighted by Crippen LogP contribution is 2.24. The molecule has 0 aliphatic rings. The third-order valence-corrected chi connectivity index (χ3v) is 3.59. The minimum absolute atomic E-state index is 0.222. The summed E-state index contributed by atoms with van der Waals surface area (Å²) in [5, 5.41) is 11.3. The quantitative estimate of drug-likeness (QED) is 0.748. The average molecular weight is 331 g/mol. The summed E-state index contributed by atoms with van der Waals surface area (Å²) in [5.41, 5.74) is 1.94. The first kappa shape index (κ1) is 16.1. The molecule has 0 bridgehead atoms. The third-order valence-electron chi connectivity index (χ3n) is 3.59. The van der Waals surface area contributed by atoms with E-state index in [0.717, 1.165) is 11.4 Å². The van der Waals surface area contributed by atoms with Gasteiger partial charge >= 0.3 is 0 Å². The molecule has 0 aliphatic heterocycles. The van der Waals surface area contributed by atoms with Crippen molar-refractivity contribution in [2.75, 3.05) is 12.4 Å². The number of aromatic nitrogens is 4. The summed E-state index contributed by atoms with van der Waals surface area (Å²) in [6, 6.07) is 6.27. The van der Waals surface area contributed by atoms with Gasteiger partial charge in [-0.15, -0.1) is 0 Å². The van der Waals surface area contributed by atoms with Crippen molar-refractivity contribution < 1.29 is 13.7 Å². The number of rotatable bonds is 6. The van der Waals surface area contributed by atoms with Crippen LogP contribution in [0, 0.1) is 12.7 Å². The molecule has 1 atom stereocenters. The lowest BCUT2D eigenvalue weighted by Gasteiger charge is -2.11. The topological polar surface area (TPSA) is 78.0 Å². The van der Waals surface area contributed by atoms with Crippen LogP contribution in [0.4, 0.5) is 10.1 Å². The molecule has 0 amide bonds. The van der Waals surface area contributed by atoms with Crippen molar-refractivity contribution in [3.8, 4) is 5.69 Å². The molecule has 0 saturated carbocycles. The Morgan fingerprint density at radius 3 is 2.92 bits per heavy atom. The van der Waals surface area contributed by atoms with Crippen LogP contribution in [0.5, 0.6) is 0 Å². The lowest BCUT2D eigenvalue weighted by atomic mass is 10.2. The second-order valence-electron chi connectivity index (χ2n) is 5.35. The summed E-state index contributed by atoms with van der Waals surface area (Å²) in [4.78, 5) is 4.25. The van der Waals surface area contributed by atoms with Crippen LogP contribution in [0.1, 0.15) is 30.4 Å². The second kappa shape index (κ2) is 6.79. The van der Waals surface area contributed by atoms with E-state index in [-0.39, 0.29) is 11.9 Å². The van der Waals surface area contributed by atoms with Gasteiger partial charge in [-0.3, -0.25) is 0 Å². The van der Waals surface area contributed by atoms with Crippen molar-refractivity contribution in [1.82, 2.24) is 19.9 Å². The van der Waals surface area contributed by atoms with Crippen molar-refractivity contribution in [2.45, 2.75) is 26.5 Å². The van der Waals surface area contributed by atoms with Crippen LogP contribution in [0.3, 0.4) is 0 Å². The molecule has 0 spiro atoms. The van der Waals surface area contributed by atoms with E-state index in [2.05, 4.69) is 20.6 Å². The van der Waals surface area contributed by atoms with Crippen molar-refractivity contribution in [3.05, 3.63) is 53.7 Å². The molecule has 7 nitrogen and oxygen atoms in total. The number of hydrogen-bond acceptors (Lipinski definition) is 6. The Labute approximate surface area is 138 Å². The van der Waals surface area contributed by atoms with Crippen molar-refractivity contribution in [2.24, 2.45) is 0 Å². The fourth-order valence-electron chi connectivity index (χ4n) is 2.34. The van der Waals surface area contributed by atoms with Crippen LogP contribution in [0.25, 0.3) is 5.69 Å². The van der Waals surface area contributed by atoms with Gasteiger partial charge in [-0.1, -0.05) is 17.3 Å². The Balaban J connectivity index is 1.79. The minimum atomic E-state index is -0.329. The second-order valence-corrected chi connectivity index (χ2v) is 5.35. The zero-order valence-corrected chi connectivity index (χ0v) is 13.7. The number of methoxy groups -OCH3 is 1. The molecular formula is C16H18FN5O2. The van der Waals surface area contributed by atoms with Crippen LogP contribution in [-0.2, 0) is 11.3 Å². The number of para-hydroxylation sites is 1. The molecule has 8 heteroatoms. The van der Waals surface area contributed by atoms with Crippen molar-refractivity contribution >= 4 is 5.69 Å². The highest BCUT2D eigenvalue weighted by molar-refractivity contribution is 5.50. The van der Waals surface area contributed by atoms with E-state index in [4.69, 9.17) is 9.26 Å². The lowest BCUT2D eigenvalue weighted by molar-refractivity contribution is 0.174. The first-order valence-electron chi connectivity index (χ1n) is 7.47. The largest absolute Gasteiger partial charge is 0.377 e. The number of hydrogen-bond donors (Lipinski definition) is 1. The maximum atomic E-state index is 13.9. The molecule has 3 aromatic rings. The highest BCUT2D eigenvalue weighted by Gasteiger charge is 2.17. The van der Waals surface area contributed by atoms with Gasteiger partial charge in [-0.25, -0.2) is 9.07 Å². The van der Waals surface area contributed by atoms with Gasteiger partial charge in [0.2, 0.25) is 5.89 Å². The average Bonchev–Trinajstić information content (AvgIpc) is 3.17. The van der Waals surface area contributed by atoms with Gasteiger partial charge < -0.3 is 14.6 Å². The fourth-order valence-corrected chi connectivity index (χ4v) is 2.34. The molecule has 3 rings (SSSR count). The smallest absolute Gasteiger partial charge is 0.248 e. The van der Waals surface area contributed by atoms with E-state index in [1.165, 1.54) is 6.07 Å². The Hall–Kier alpha value is -2.74. The minimum Gasteiger partial charge on any atom is -0.377 e. The van der Waals surface area contributed by atoms with Crippen LogP contribution in [0.2, 0.25) is 0 Å². The predicted octanol–water partition coefficient (Wildman–Crippen LogP) is 3.02. The zero-order chi connectivity index (χ0) is 17.1. The normalized spacial score (nSPS) is 12.3. The Bertz CT molecular complexity index is 829. The molecule has 0 fully saturated rings. The summed E-state index contributed by atoms with van der Waals surface area (Å²) in [5.74, 6) is 0.601. The van der Waals surface area contributed by atoms with Gasteiger partial charge in [0.05, 0.1) is 17.6 Å². The van der Waals surface area contributed by atoms with Gasteiger partial charge in [0.15, 0.2) is 5.82 Å². The molecule has 24 heavy (non-hydrogen) atoms.